The Kier molecular flexibility index (Phi) is 5.93. The van der Waals surface area contributed by atoms with Gasteiger partial charge >= 0.3 is 0 Å². The molecule has 2 heterocycles. The quantitative estimate of drug-likeness (QED) is 0.402. The molecule has 1 atom stereocenters. The second-order valence-electron chi connectivity index (χ2n) is 8.14. The van der Waals surface area contributed by atoms with E-state index in [4.69, 9.17) is 30.9 Å². The van der Waals surface area contributed by atoms with E-state index in [1.807, 2.05) is 42.5 Å². The summed E-state index contributed by atoms with van der Waals surface area (Å²) in [4.78, 5) is 13.0. The first-order valence-corrected chi connectivity index (χ1v) is 11.2. The molecule has 0 amide bonds. The van der Waals surface area contributed by atoms with Crippen LogP contribution in [0.15, 0.2) is 42.5 Å². The fourth-order valence-corrected chi connectivity index (χ4v) is 4.73. The Hall–Kier alpha value is -3.49. The Morgan fingerprint density at radius 3 is 2.59 bits per heavy atom. The number of methoxy groups -OCH3 is 3. The third-order valence-corrected chi connectivity index (χ3v) is 6.35. The Labute approximate surface area is 201 Å². The van der Waals surface area contributed by atoms with Gasteiger partial charge in [-0.25, -0.2) is 4.52 Å². The highest BCUT2D eigenvalue weighted by atomic mass is 35.5. The first-order chi connectivity index (χ1) is 16.5. The fraction of sp³-hybridized carbons (Fsp3) is 0.280. The average molecular weight is 479 g/mol. The number of carbonyl (C=O) groups is 1. The molecule has 0 saturated heterocycles. The summed E-state index contributed by atoms with van der Waals surface area (Å²) < 4.78 is 18.0. The van der Waals surface area contributed by atoms with Crippen LogP contribution in [0.25, 0.3) is 16.8 Å². The highest BCUT2D eigenvalue weighted by Crippen LogP contribution is 2.38. The molecule has 174 valence electrons. The van der Waals surface area contributed by atoms with Gasteiger partial charge in [-0.3, -0.25) is 4.79 Å². The Morgan fingerprint density at radius 2 is 1.85 bits per heavy atom. The van der Waals surface area contributed by atoms with E-state index in [1.165, 1.54) is 0 Å². The molecule has 4 aromatic rings. The smallest absolute Gasteiger partial charge is 0.185 e. The molecule has 5 rings (SSSR count). The van der Waals surface area contributed by atoms with Crippen molar-refractivity contribution < 1.29 is 19.0 Å². The van der Waals surface area contributed by atoms with Gasteiger partial charge in [0, 0.05) is 18.6 Å². The predicted octanol–water partition coefficient (Wildman–Crippen LogP) is 4.52. The third kappa shape index (κ3) is 3.78. The molecule has 1 unspecified atom stereocenters. The second-order valence-corrected chi connectivity index (χ2v) is 8.57. The van der Waals surface area contributed by atoms with Crippen LogP contribution >= 0.6 is 11.6 Å². The van der Waals surface area contributed by atoms with Gasteiger partial charge in [0.05, 0.1) is 37.8 Å². The molecule has 0 saturated carbocycles. The van der Waals surface area contributed by atoms with E-state index in [2.05, 4.69) is 10.2 Å². The van der Waals surface area contributed by atoms with Crippen molar-refractivity contribution in [3.8, 4) is 22.6 Å². The lowest BCUT2D eigenvalue weighted by atomic mass is 9.83. The van der Waals surface area contributed by atoms with Crippen LogP contribution in [0.2, 0.25) is 5.02 Å². The molecule has 0 radical (unpaired) electrons. The van der Waals surface area contributed by atoms with Crippen molar-refractivity contribution in [3.63, 3.8) is 0 Å². The second kappa shape index (κ2) is 9.04. The molecule has 2 aromatic heterocycles. The van der Waals surface area contributed by atoms with Crippen molar-refractivity contribution in [1.29, 1.82) is 0 Å². The molecular weight excluding hydrogens is 456 g/mol. The number of carbonyl (C=O) groups excluding carboxylic acids is 1. The molecule has 0 spiro atoms. The van der Waals surface area contributed by atoms with Crippen LogP contribution in [0, 0.1) is 0 Å². The molecule has 1 aliphatic rings. The maximum absolute atomic E-state index is 13.0. The van der Waals surface area contributed by atoms with Gasteiger partial charge < -0.3 is 14.2 Å². The van der Waals surface area contributed by atoms with Crippen molar-refractivity contribution in [3.05, 3.63) is 70.1 Å². The summed E-state index contributed by atoms with van der Waals surface area (Å²) in [6, 6.07) is 13.2. The maximum atomic E-state index is 13.0. The molecule has 0 N–H and O–H groups in total. The van der Waals surface area contributed by atoms with Gasteiger partial charge in [-0.05, 0) is 47.7 Å². The molecule has 9 heteroatoms. The van der Waals surface area contributed by atoms with Crippen molar-refractivity contribution in [1.82, 2.24) is 19.8 Å². The standard InChI is InChI=1S/C25H23ClN4O4/c1-32-13-18-23(15-7-8-21(33-2)22(12-15)34-3)25-28-27-24-19(30(25)29-18)10-16(11-20(24)31)14-5-4-6-17(26)9-14/h4-9,12,16H,10-11,13H2,1-3H3. The summed E-state index contributed by atoms with van der Waals surface area (Å²) in [6.45, 7) is 0.271. The number of Topliss-reactive ketones (excluding diaryl/α,β-unsaturated/α-hetero) is 1. The Morgan fingerprint density at radius 1 is 1.03 bits per heavy atom. The normalized spacial score (nSPS) is 15.4. The van der Waals surface area contributed by atoms with Crippen molar-refractivity contribution in [2.45, 2.75) is 25.4 Å². The van der Waals surface area contributed by atoms with Gasteiger partial charge in [0.25, 0.3) is 0 Å². The van der Waals surface area contributed by atoms with Gasteiger partial charge in [-0.15, -0.1) is 10.2 Å². The topological polar surface area (TPSA) is 87.8 Å². The number of ketones is 1. The zero-order valence-corrected chi connectivity index (χ0v) is 19.8. The number of hydrogen-bond donors (Lipinski definition) is 0. The summed E-state index contributed by atoms with van der Waals surface area (Å²) in [5.41, 5.74) is 4.96. The summed E-state index contributed by atoms with van der Waals surface area (Å²) in [5, 5.41) is 14.2. The molecule has 2 aromatic carbocycles. The highest BCUT2D eigenvalue weighted by molar-refractivity contribution is 6.30. The van der Waals surface area contributed by atoms with E-state index in [0.717, 1.165) is 22.4 Å². The van der Waals surface area contributed by atoms with E-state index in [-0.39, 0.29) is 18.3 Å². The summed E-state index contributed by atoms with van der Waals surface area (Å²) in [7, 11) is 4.79. The van der Waals surface area contributed by atoms with Gasteiger partial charge in [-0.1, -0.05) is 29.8 Å². The number of ether oxygens (including phenoxy) is 3. The molecule has 0 fully saturated rings. The van der Waals surface area contributed by atoms with Crippen LogP contribution in [0.3, 0.4) is 0 Å². The van der Waals surface area contributed by atoms with Gasteiger partial charge in [-0.2, -0.15) is 5.10 Å². The Balaban J connectivity index is 1.68. The first kappa shape index (κ1) is 22.3. The van der Waals surface area contributed by atoms with Crippen molar-refractivity contribution >= 4 is 23.0 Å². The average Bonchev–Trinajstić information content (AvgIpc) is 3.22. The molecular formula is C25H23ClN4O4. The minimum Gasteiger partial charge on any atom is -0.493 e. The number of hydrogen-bond acceptors (Lipinski definition) is 7. The lowest BCUT2D eigenvalue weighted by molar-refractivity contribution is 0.0955. The number of fused-ring (bicyclic) bond motifs is 3. The summed E-state index contributed by atoms with van der Waals surface area (Å²) >= 11 is 6.21. The van der Waals surface area contributed by atoms with Crippen LogP contribution < -0.4 is 9.47 Å². The van der Waals surface area contributed by atoms with Gasteiger partial charge in [0.15, 0.2) is 28.6 Å². The van der Waals surface area contributed by atoms with E-state index in [0.29, 0.717) is 46.4 Å². The predicted molar refractivity (Wildman–Crippen MR) is 127 cm³/mol. The van der Waals surface area contributed by atoms with E-state index < -0.39 is 0 Å². The molecule has 1 aliphatic carbocycles. The van der Waals surface area contributed by atoms with E-state index >= 15 is 0 Å². The van der Waals surface area contributed by atoms with Gasteiger partial charge in [0.2, 0.25) is 0 Å². The zero-order chi connectivity index (χ0) is 23.8. The van der Waals surface area contributed by atoms with Crippen LogP contribution in [0.5, 0.6) is 11.5 Å². The molecule has 8 nitrogen and oxygen atoms in total. The van der Waals surface area contributed by atoms with Crippen LogP contribution in [0.1, 0.15) is 39.8 Å². The number of aromatic nitrogens is 4. The minimum absolute atomic E-state index is 0.0225. The lowest BCUT2D eigenvalue weighted by Gasteiger charge is -2.23. The molecule has 0 bridgehead atoms. The monoisotopic (exact) mass is 478 g/mol. The van der Waals surface area contributed by atoms with Crippen molar-refractivity contribution in [2.24, 2.45) is 0 Å². The number of halogens is 1. The Bertz CT molecular complexity index is 1400. The first-order valence-electron chi connectivity index (χ1n) is 10.8. The van der Waals surface area contributed by atoms with Crippen LogP contribution in [-0.2, 0) is 17.8 Å². The maximum Gasteiger partial charge on any atom is 0.185 e. The van der Waals surface area contributed by atoms with Crippen LogP contribution in [0.4, 0.5) is 0 Å². The molecule has 0 aliphatic heterocycles. The number of benzene rings is 2. The van der Waals surface area contributed by atoms with Crippen molar-refractivity contribution in [2.75, 3.05) is 21.3 Å². The lowest BCUT2D eigenvalue weighted by Crippen LogP contribution is -2.24. The largest absolute Gasteiger partial charge is 0.493 e. The third-order valence-electron chi connectivity index (χ3n) is 6.12. The van der Waals surface area contributed by atoms with Gasteiger partial charge in [0.1, 0.15) is 0 Å². The minimum atomic E-state index is -0.0583. The SMILES string of the molecule is COCc1nn2c3c(nnc2c1-c1ccc(OC)c(OC)c1)C(=O)CC(c1cccc(Cl)c1)C3. The van der Waals surface area contributed by atoms with E-state index in [9.17, 15) is 4.79 Å². The summed E-state index contributed by atoms with van der Waals surface area (Å²) in [6.07, 6.45) is 0.940. The van der Waals surface area contributed by atoms with E-state index in [1.54, 1.807) is 25.8 Å². The number of nitrogens with zero attached hydrogens (tertiary/aromatic N) is 4. The summed E-state index contributed by atoms with van der Waals surface area (Å²) in [5.74, 6) is 1.13. The molecule has 34 heavy (non-hydrogen) atoms. The zero-order valence-electron chi connectivity index (χ0n) is 19.0. The highest BCUT2D eigenvalue weighted by Gasteiger charge is 2.32. The van der Waals surface area contributed by atoms with Crippen LogP contribution in [-0.4, -0.2) is 46.9 Å². The fourth-order valence-electron chi connectivity index (χ4n) is 4.54. The number of rotatable bonds is 6.